The van der Waals surface area contributed by atoms with E-state index in [1.165, 1.54) is 17.7 Å². The first-order valence-electron chi connectivity index (χ1n) is 9.03. The summed E-state index contributed by atoms with van der Waals surface area (Å²) in [6.45, 7) is 6.17. The van der Waals surface area contributed by atoms with E-state index in [1.54, 1.807) is 17.6 Å². The van der Waals surface area contributed by atoms with Gasteiger partial charge in [0.1, 0.15) is 5.76 Å². The summed E-state index contributed by atoms with van der Waals surface area (Å²) in [5.74, 6) is 2.34. The molecule has 1 fully saturated rings. The van der Waals surface area contributed by atoms with Crippen LogP contribution in [0.5, 0.6) is 0 Å². The van der Waals surface area contributed by atoms with Gasteiger partial charge in [0, 0.05) is 30.9 Å². The normalized spacial score (nSPS) is 18.2. The molecule has 0 bridgehead atoms. The van der Waals surface area contributed by atoms with Gasteiger partial charge in [0.05, 0.1) is 12.3 Å². The SMILES string of the molecule is CN=C(NCC(C)c1cccs1)NCC(c1ccco1)N1CCCC1. The van der Waals surface area contributed by atoms with Crippen molar-refractivity contribution in [2.75, 3.05) is 33.2 Å². The molecular weight excluding hydrogens is 332 g/mol. The van der Waals surface area contributed by atoms with Crippen LogP contribution in [-0.4, -0.2) is 44.1 Å². The second-order valence-electron chi connectivity index (χ2n) is 6.52. The number of hydrogen-bond acceptors (Lipinski definition) is 4. The van der Waals surface area contributed by atoms with Crippen molar-refractivity contribution in [2.45, 2.75) is 31.7 Å². The zero-order valence-electron chi connectivity index (χ0n) is 15.1. The van der Waals surface area contributed by atoms with Crippen molar-refractivity contribution < 1.29 is 4.42 Å². The summed E-state index contributed by atoms with van der Waals surface area (Å²) in [4.78, 5) is 8.26. The van der Waals surface area contributed by atoms with E-state index in [4.69, 9.17) is 4.42 Å². The summed E-state index contributed by atoms with van der Waals surface area (Å²) in [5.41, 5.74) is 0. The van der Waals surface area contributed by atoms with Crippen molar-refractivity contribution in [1.82, 2.24) is 15.5 Å². The third-order valence-electron chi connectivity index (χ3n) is 4.74. The Labute approximate surface area is 154 Å². The lowest BCUT2D eigenvalue weighted by atomic mass is 10.1. The van der Waals surface area contributed by atoms with Gasteiger partial charge in [0.15, 0.2) is 5.96 Å². The molecule has 136 valence electrons. The Kier molecular flexibility index (Phi) is 6.53. The maximum Gasteiger partial charge on any atom is 0.191 e. The minimum Gasteiger partial charge on any atom is -0.468 e. The van der Waals surface area contributed by atoms with E-state index in [0.717, 1.165) is 37.9 Å². The van der Waals surface area contributed by atoms with Crippen LogP contribution in [0.15, 0.2) is 45.3 Å². The Morgan fingerprint density at radius 3 is 2.68 bits per heavy atom. The topological polar surface area (TPSA) is 52.8 Å². The molecule has 5 nitrogen and oxygen atoms in total. The molecule has 0 radical (unpaired) electrons. The fourth-order valence-corrected chi connectivity index (χ4v) is 4.07. The van der Waals surface area contributed by atoms with Crippen molar-refractivity contribution in [1.29, 1.82) is 0 Å². The van der Waals surface area contributed by atoms with E-state index in [-0.39, 0.29) is 6.04 Å². The number of furan rings is 1. The average molecular weight is 361 g/mol. The third kappa shape index (κ3) is 4.86. The van der Waals surface area contributed by atoms with Gasteiger partial charge >= 0.3 is 0 Å². The standard InChI is InChI=1S/C19H28N4OS/c1-15(18-8-6-12-25-18)13-21-19(20-2)22-14-16(17-7-5-11-24-17)23-9-3-4-10-23/h5-8,11-12,15-16H,3-4,9-10,13-14H2,1-2H3,(H2,20,21,22). The van der Waals surface area contributed by atoms with Crippen molar-refractivity contribution >= 4 is 17.3 Å². The van der Waals surface area contributed by atoms with Gasteiger partial charge in [-0.15, -0.1) is 11.3 Å². The van der Waals surface area contributed by atoms with Crippen LogP contribution in [0.3, 0.4) is 0 Å². The fourth-order valence-electron chi connectivity index (χ4n) is 3.28. The highest BCUT2D eigenvalue weighted by Gasteiger charge is 2.25. The minimum atomic E-state index is 0.255. The number of likely N-dealkylation sites (tertiary alicyclic amines) is 1. The van der Waals surface area contributed by atoms with Crippen LogP contribution in [0.4, 0.5) is 0 Å². The van der Waals surface area contributed by atoms with E-state index in [1.807, 2.05) is 13.1 Å². The lowest BCUT2D eigenvalue weighted by Crippen LogP contribution is -2.43. The zero-order valence-corrected chi connectivity index (χ0v) is 15.9. The molecular formula is C19H28N4OS. The van der Waals surface area contributed by atoms with Crippen LogP contribution in [0.25, 0.3) is 0 Å². The number of rotatable bonds is 7. The van der Waals surface area contributed by atoms with E-state index < -0.39 is 0 Å². The van der Waals surface area contributed by atoms with E-state index in [9.17, 15) is 0 Å². The highest BCUT2D eigenvalue weighted by Crippen LogP contribution is 2.25. The Morgan fingerprint density at radius 2 is 2.04 bits per heavy atom. The Hall–Kier alpha value is -1.79. The molecule has 1 saturated heterocycles. The highest BCUT2D eigenvalue weighted by molar-refractivity contribution is 7.10. The molecule has 6 heteroatoms. The van der Waals surface area contributed by atoms with Crippen LogP contribution in [0, 0.1) is 0 Å². The number of thiophene rings is 1. The number of nitrogens with zero attached hydrogens (tertiary/aromatic N) is 2. The van der Waals surface area contributed by atoms with Crippen molar-refractivity contribution in [3.8, 4) is 0 Å². The molecule has 2 aromatic rings. The zero-order chi connectivity index (χ0) is 17.5. The van der Waals surface area contributed by atoms with Crippen LogP contribution >= 0.6 is 11.3 Å². The van der Waals surface area contributed by atoms with Crippen LogP contribution in [-0.2, 0) is 0 Å². The second kappa shape index (κ2) is 9.06. The Balaban J connectivity index is 1.53. The summed E-state index contributed by atoms with van der Waals surface area (Å²) in [6, 6.07) is 8.58. The monoisotopic (exact) mass is 360 g/mol. The number of nitrogens with one attached hydrogen (secondary N) is 2. The van der Waals surface area contributed by atoms with E-state index in [2.05, 4.69) is 51.0 Å². The molecule has 0 spiro atoms. The molecule has 1 aliphatic heterocycles. The Bertz CT molecular complexity index is 632. The predicted molar refractivity (Wildman–Crippen MR) is 104 cm³/mol. The van der Waals surface area contributed by atoms with E-state index >= 15 is 0 Å². The summed E-state index contributed by atoms with van der Waals surface area (Å²) >= 11 is 1.80. The van der Waals surface area contributed by atoms with Crippen LogP contribution in [0.2, 0.25) is 0 Å². The summed E-state index contributed by atoms with van der Waals surface area (Å²) in [7, 11) is 1.82. The van der Waals surface area contributed by atoms with Crippen molar-refractivity contribution in [3.63, 3.8) is 0 Å². The molecule has 25 heavy (non-hydrogen) atoms. The molecule has 0 aromatic carbocycles. The van der Waals surface area contributed by atoms with Gasteiger partial charge in [0.2, 0.25) is 0 Å². The first-order valence-corrected chi connectivity index (χ1v) is 9.91. The summed E-state index contributed by atoms with van der Waals surface area (Å²) in [5, 5.41) is 9.05. The lowest BCUT2D eigenvalue weighted by molar-refractivity contribution is 0.215. The van der Waals surface area contributed by atoms with Gasteiger partial charge in [-0.1, -0.05) is 13.0 Å². The van der Waals surface area contributed by atoms with Gasteiger partial charge in [-0.2, -0.15) is 0 Å². The maximum absolute atomic E-state index is 5.68. The molecule has 0 amide bonds. The Morgan fingerprint density at radius 1 is 1.24 bits per heavy atom. The second-order valence-corrected chi connectivity index (χ2v) is 7.50. The predicted octanol–water partition coefficient (Wildman–Crippen LogP) is 3.45. The van der Waals surface area contributed by atoms with Gasteiger partial charge < -0.3 is 15.1 Å². The van der Waals surface area contributed by atoms with Gasteiger partial charge in [0.25, 0.3) is 0 Å². The largest absolute Gasteiger partial charge is 0.468 e. The van der Waals surface area contributed by atoms with Crippen molar-refractivity contribution in [3.05, 3.63) is 46.5 Å². The molecule has 2 aromatic heterocycles. The quantitative estimate of drug-likeness (QED) is 0.587. The lowest BCUT2D eigenvalue weighted by Gasteiger charge is -2.27. The van der Waals surface area contributed by atoms with Gasteiger partial charge in [-0.25, -0.2) is 0 Å². The van der Waals surface area contributed by atoms with Crippen LogP contribution < -0.4 is 10.6 Å². The fraction of sp³-hybridized carbons (Fsp3) is 0.526. The minimum absolute atomic E-state index is 0.255. The smallest absolute Gasteiger partial charge is 0.191 e. The van der Waals surface area contributed by atoms with Gasteiger partial charge in [-0.05, 0) is 49.5 Å². The molecule has 3 heterocycles. The maximum atomic E-state index is 5.68. The molecule has 0 aliphatic carbocycles. The molecule has 0 saturated carbocycles. The molecule has 2 atom stereocenters. The van der Waals surface area contributed by atoms with Crippen LogP contribution in [0.1, 0.15) is 42.4 Å². The molecule has 3 rings (SSSR count). The number of hydrogen-bond donors (Lipinski definition) is 2. The van der Waals surface area contributed by atoms with Gasteiger partial charge in [-0.3, -0.25) is 9.89 Å². The molecule has 1 aliphatic rings. The third-order valence-corrected chi connectivity index (χ3v) is 5.85. The molecule has 2 N–H and O–H groups in total. The average Bonchev–Trinajstić information content (AvgIpc) is 3.40. The number of guanidine groups is 1. The summed E-state index contributed by atoms with van der Waals surface area (Å²) < 4.78 is 5.68. The molecule has 2 unspecified atom stereocenters. The van der Waals surface area contributed by atoms with E-state index in [0.29, 0.717) is 5.92 Å². The highest BCUT2D eigenvalue weighted by atomic mass is 32.1. The first kappa shape index (κ1) is 18.0. The summed E-state index contributed by atoms with van der Waals surface area (Å²) in [6.07, 6.45) is 4.29. The first-order chi connectivity index (χ1) is 12.3. The van der Waals surface area contributed by atoms with Crippen molar-refractivity contribution in [2.24, 2.45) is 4.99 Å². The number of aliphatic imine (C=N–C) groups is 1.